The summed E-state index contributed by atoms with van der Waals surface area (Å²) < 4.78 is 12.5. The van der Waals surface area contributed by atoms with Crippen LogP contribution in [0.3, 0.4) is 0 Å². The second-order valence-electron chi connectivity index (χ2n) is 1.18. The zero-order valence-electron chi connectivity index (χ0n) is 4.50. The Balaban J connectivity index is 2.50. The summed E-state index contributed by atoms with van der Waals surface area (Å²) in [4.78, 5) is 0. The molecule has 0 saturated heterocycles. The fraction of sp³-hybridized carbons (Fsp3) is 0.500. The predicted octanol–water partition coefficient (Wildman–Crippen LogP) is 0.937. The minimum atomic E-state index is 0.623. The van der Waals surface area contributed by atoms with Crippen molar-refractivity contribution in [1.29, 1.82) is 0 Å². The maximum atomic E-state index is 4.98. The quantitative estimate of drug-likeness (QED) is 0.597. The highest BCUT2D eigenvalue weighted by Gasteiger charge is 1.90. The molecule has 0 saturated carbocycles. The molecule has 0 aliphatic rings. The van der Waals surface area contributed by atoms with E-state index in [-0.39, 0.29) is 0 Å². The van der Waals surface area contributed by atoms with Crippen LogP contribution in [0.2, 0.25) is 0 Å². The van der Waals surface area contributed by atoms with Crippen LogP contribution in [0.4, 0.5) is 0 Å². The number of aromatic nitrogens is 2. The Morgan fingerprint density at radius 2 is 2.75 bits per heavy atom. The van der Waals surface area contributed by atoms with Crippen molar-refractivity contribution in [1.82, 2.24) is 8.75 Å². The van der Waals surface area contributed by atoms with Crippen LogP contribution in [0.1, 0.15) is 6.92 Å². The zero-order valence-corrected chi connectivity index (χ0v) is 5.31. The number of ether oxygens (including phenoxy) is 1. The summed E-state index contributed by atoms with van der Waals surface area (Å²) in [6.07, 6.45) is 1.61. The number of hydrogen-bond acceptors (Lipinski definition) is 4. The van der Waals surface area contributed by atoms with Gasteiger partial charge in [0.1, 0.15) is 6.20 Å². The van der Waals surface area contributed by atoms with Gasteiger partial charge in [0.05, 0.1) is 18.3 Å². The predicted molar refractivity (Wildman–Crippen MR) is 31.1 cm³/mol. The summed E-state index contributed by atoms with van der Waals surface area (Å²) in [7, 11) is 0. The normalized spacial score (nSPS) is 9.12. The molecule has 0 aromatic carbocycles. The summed E-state index contributed by atoms with van der Waals surface area (Å²) in [6, 6.07) is 0. The summed E-state index contributed by atoms with van der Waals surface area (Å²) >= 11 is 1.15. The molecule has 0 unspecified atom stereocenters. The average Bonchev–Trinajstić information content (AvgIpc) is 2.19. The molecule has 0 bridgehead atoms. The second-order valence-corrected chi connectivity index (χ2v) is 1.74. The van der Waals surface area contributed by atoms with Gasteiger partial charge in [0, 0.05) is 0 Å². The van der Waals surface area contributed by atoms with Gasteiger partial charge in [0.15, 0.2) is 0 Å². The molecule has 1 aromatic heterocycles. The van der Waals surface area contributed by atoms with E-state index in [0.29, 0.717) is 12.5 Å². The van der Waals surface area contributed by atoms with Crippen molar-refractivity contribution in [2.24, 2.45) is 0 Å². The van der Waals surface area contributed by atoms with E-state index in [1.807, 2.05) is 6.92 Å². The molecule has 0 aliphatic heterocycles. The average molecular weight is 130 g/mol. The van der Waals surface area contributed by atoms with E-state index in [1.165, 1.54) is 0 Å². The minimum Gasteiger partial charge on any atom is -0.476 e. The zero-order chi connectivity index (χ0) is 5.82. The lowest BCUT2D eigenvalue weighted by atomic mass is 10.8. The molecule has 0 atom stereocenters. The van der Waals surface area contributed by atoms with E-state index in [4.69, 9.17) is 4.74 Å². The Morgan fingerprint density at radius 1 is 1.88 bits per heavy atom. The van der Waals surface area contributed by atoms with Crippen LogP contribution in [0, 0.1) is 0 Å². The van der Waals surface area contributed by atoms with Crippen molar-refractivity contribution in [3.63, 3.8) is 0 Å². The van der Waals surface area contributed by atoms with Crippen LogP contribution in [-0.4, -0.2) is 15.4 Å². The van der Waals surface area contributed by atoms with Crippen LogP contribution in [0.25, 0.3) is 0 Å². The Kier molecular flexibility index (Phi) is 1.80. The van der Waals surface area contributed by atoms with Gasteiger partial charge in [-0.15, -0.1) is 4.37 Å². The standard InChI is InChI=1S/C4H6N2OS/c1-2-7-4-3-5-8-6-4/h3H,2H2,1H3. The third-order valence-corrected chi connectivity index (χ3v) is 1.09. The van der Waals surface area contributed by atoms with Gasteiger partial charge in [0.2, 0.25) is 5.88 Å². The Bertz CT molecular complexity index is 140. The van der Waals surface area contributed by atoms with Gasteiger partial charge in [-0.3, -0.25) is 0 Å². The first-order chi connectivity index (χ1) is 3.93. The van der Waals surface area contributed by atoms with E-state index < -0.39 is 0 Å². The van der Waals surface area contributed by atoms with Crippen LogP contribution in [-0.2, 0) is 0 Å². The van der Waals surface area contributed by atoms with Crippen molar-refractivity contribution in [3.05, 3.63) is 6.20 Å². The highest BCUT2D eigenvalue weighted by molar-refractivity contribution is 6.99. The Hall–Kier alpha value is -0.640. The van der Waals surface area contributed by atoms with Crippen molar-refractivity contribution in [2.75, 3.05) is 6.61 Å². The molecule has 1 aromatic rings. The molecular weight excluding hydrogens is 124 g/mol. The molecule has 8 heavy (non-hydrogen) atoms. The summed E-state index contributed by atoms with van der Waals surface area (Å²) in [6.45, 7) is 2.57. The van der Waals surface area contributed by atoms with Crippen molar-refractivity contribution in [2.45, 2.75) is 6.92 Å². The molecule has 0 radical (unpaired) electrons. The molecule has 4 heteroatoms. The van der Waals surface area contributed by atoms with Crippen LogP contribution >= 0.6 is 11.7 Å². The summed E-state index contributed by atoms with van der Waals surface area (Å²) in [5.41, 5.74) is 0. The molecule has 0 amide bonds. The minimum absolute atomic E-state index is 0.623. The van der Waals surface area contributed by atoms with Crippen molar-refractivity contribution < 1.29 is 4.74 Å². The van der Waals surface area contributed by atoms with Crippen molar-refractivity contribution in [3.8, 4) is 5.88 Å². The van der Waals surface area contributed by atoms with E-state index in [1.54, 1.807) is 6.20 Å². The maximum absolute atomic E-state index is 4.98. The SMILES string of the molecule is CCOc1cnsn1. The summed E-state index contributed by atoms with van der Waals surface area (Å²) in [5, 5.41) is 0. The molecule has 0 aliphatic carbocycles. The lowest BCUT2D eigenvalue weighted by Crippen LogP contribution is -1.89. The van der Waals surface area contributed by atoms with Crippen LogP contribution in [0.15, 0.2) is 6.20 Å². The first-order valence-corrected chi connectivity index (χ1v) is 3.07. The largest absolute Gasteiger partial charge is 0.476 e. The van der Waals surface area contributed by atoms with Gasteiger partial charge in [-0.05, 0) is 6.92 Å². The maximum Gasteiger partial charge on any atom is 0.245 e. The van der Waals surface area contributed by atoms with Gasteiger partial charge in [-0.25, -0.2) is 0 Å². The molecule has 0 spiro atoms. The number of rotatable bonds is 2. The third kappa shape index (κ3) is 1.16. The molecule has 1 heterocycles. The van der Waals surface area contributed by atoms with Gasteiger partial charge in [-0.1, -0.05) is 0 Å². The Morgan fingerprint density at radius 3 is 3.25 bits per heavy atom. The highest BCUT2D eigenvalue weighted by Crippen LogP contribution is 2.03. The third-order valence-electron chi connectivity index (χ3n) is 0.633. The molecule has 3 nitrogen and oxygen atoms in total. The van der Waals surface area contributed by atoms with Gasteiger partial charge >= 0.3 is 0 Å². The Labute approximate surface area is 51.6 Å². The van der Waals surface area contributed by atoms with Gasteiger partial charge in [-0.2, -0.15) is 4.37 Å². The first-order valence-electron chi connectivity index (χ1n) is 2.34. The van der Waals surface area contributed by atoms with Crippen LogP contribution < -0.4 is 4.74 Å². The lowest BCUT2D eigenvalue weighted by Gasteiger charge is -1.91. The van der Waals surface area contributed by atoms with Crippen LogP contribution in [0.5, 0.6) is 5.88 Å². The molecule has 1 rings (SSSR count). The summed E-state index contributed by atoms with van der Waals surface area (Å²) in [5.74, 6) is 0.623. The first kappa shape index (κ1) is 5.50. The van der Waals surface area contributed by atoms with Gasteiger partial charge in [0.25, 0.3) is 0 Å². The second kappa shape index (κ2) is 2.61. The molecular formula is C4H6N2OS. The van der Waals surface area contributed by atoms with E-state index >= 15 is 0 Å². The van der Waals surface area contributed by atoms with E-state index in [9.17, 15) is 0 Å². The van der Waals surface area contributed by atoms with E-state index in [0.717, 1.165) is 11.7 Å². The molecule has 44 valence electrons. The number of nitrogens with zero attached hydrogens (tertiary/aromatic N) is 2. The monoisotopic (exact) mass is 130 g/mol. The molecule has 0 N–H and O–H groups in total. The lowest BCUT2D eigenvalue weighted by molar-refractivity contribution is 0.330. The fourth-order valence-electron chi connectivity index (χ4n) is 0.368. The highest BCUT2D eigenvalue weighted by atomic mass is 32.1. The van der Waals surface area contributed by atoms with E-state index in [2.05, 4.69) is 8.75 Å². The smallest absolute Gasteiger partial charge is 0.245 e. The topological polar surface area (TPSA) is 35.0 Å². The number of hydrogen-bond donors (Lipinski definition) is 0. The fourth-order valence-corrected chi connectivity index (χ4v) is 0.732. The molecule has 0 fully saturated rings. The van der Waals surface area contributed by atoms with Gasteiger partial charge < -0.3 is 4.74 Å². The van der Waals surface area contributed by atoms with Crippen molar-refractivity contribution >= 4 is 11.7 Å².